The fraction of sp³-hybridized carbons (Fsp3) is 0.516. The summed E-state index contributed by atoms with van der Waals surface area (Å²) < 4.78 is 30.9. The van der Waals surface area contributed by atoms with Gasteiger partial charge >= 0.3 is 0 Å². The van der Waals surface area contributed by atoms with E-state index >= 15 is 0 Å². The Morgan fingerprint density at radius 3 is 2.29 bits per heavy atom. The first kappa shape index (κ1) is 27.5. The van der Waals surface area contributed by atoms with Gasteiger partial charge in [0.15, 0.2) is 17.0 Å². The fourth-order valence-electron chi connectivity index (χ4n) is 6.89. The number of nitrogens with one attached hydrogen (secondary N) is 2. The molecule has 1 aliphatic heterocycles. The van der Waals surface area contributed by atoms with Crippen molar-refractivity contribution in [3.05, 3.63) is 48.8 Å². The molecule has 7 rings (SSSR count). The van der Waals surface area contributed by atoms with Crippen LogP contribution in [0.5, 0.6) is 0 Å². The van der Waals surface area contributed by atoms with Gasteiger partial charge in [-0.05, 0) is 74.3 Å². The van der Waals surface area contributed by atoms with Crippen molar-refractivity contribution < 1.29 is 8.42 Å². The van der Waals surface area contributed by atoms with Gasteiger partial charge in [0.2, 0.25) is 16.0 Å². The summed E-state index contributed by atoms with van der Waals surface area (Å²) in [6, 6.07) is 14.3. The molecule has 4 aromatic rings. The molecular weight excluding hydrogens is 548 g/mol. The lowest BCUT2D eigenvalue weighted by Crippen LogP contribution is -2.42. The number of benzene rings is 2. The number of nitrogens with two attached hydrogens (primary N) is 1. The Labute approximate surface area is 247 Å². The standard InChI is InChI=1S/C31H40N8O2S/c32-23-10-12-24(13-11-23)35-31-36-29(28-30(37-31)39(20-33-28)26-7-3-4-8-26)34-25-15-17-38(18-16-25)42(40,41)27-14-9-21-5-1-2-6-22(21)19-27/h1-2,5-6,9,14,19-20,23-26H,3-4,7-8,10-13,15-18,32H2,(H2,34,35,36,37). The molecule has 3 heterocycles. The van der Waals surface area contributed by atoms with Crippen molar-refractivity contribution >= 4 is 43.7 Å². The molecular formula is C31H40N8O2S. The number of fused-ring (bicyclic) bond motifs is 2. The molecule has 0 amide bonds. The van der Waals surface area contributed by atoms with Crippen molar-refractivity contribution in [2.75, 3.05) is 23.7 Å². The van der Waals surface area contributed by atoms with E-state index in [1.54, 1.807) is 16.4 Å². The van der Waals surface area contributed by atoms with Gasteiger partial charge in [-0.3, -0.25) is 0 Å². The second-order valence-corrected chi connectivity index (χ2v) is 14.2. The van der Waals surface area contributed by atoms with Gasteiger partial charge in [-0.25, -0.2) is 13.4 Å². The highest BCUT2D eigenvalue weighted by Gasteiger charge is 2.31. The average Bonchev–Trinajstić information content (AvgIpc) is 3.69. The summed E-state index contributed by atoms with van der Waals surface area (Å²) in [7, 11) is -3.57. The summed E-state index contributed by atoms with van der Waals surface area (Å²) in [4.78, 5) is 15.0. The summed E-state index contributed by atoms with van der Waals surface area (Å²) in [5.74, 6) is 1.35. The van der Waals surface area contributed by atoms with E-state index < -0.39 is 10.0 Å². The van der Waals surface area contributed by atoms with Crippen molar-refractivity contribution in [1.82, 2.24) is 23.8 Å². The summed E-state index contributed by atoms with van der Waals surface area (Å²) in [6.07, 6.45) is 12.1. The Hall–Kier alpha value is -3.28. The lowest BCUT2D eigenvalue weighted by Gasteiger charge is -2.32. The Bertz CT molecular complexity index is 1670. The predicted molar refractivity (Wildman–Crippen MR) is 166 cm³/mol. The van der Waals surface area contributed by atoms with Gasteiger partial charge in [0, 0.05) is 37.3 Å². The molecule has 222 valence electrons. The fourth-order valence-corrected chi connectivity index (χ4v) is 8.39. The van der Waals surface area contributed by atoms with Crippen LogP contribution in [-0.2, 0) is 10.0 Å². The Balaban J connectivity index is 1.09. The first-order valence-electron chi connectivity index (χ1n) is 15.5. The second-order valence-electron chi connectivity index (χ2n) is 12.2. The molecule has 0 atom stereocenters. The summed E-state index contributed by atoms with van der Waals surface area (Å²) >= 11 is 0. The normalized spacial score (nSPS) is 23.1. The molecule has 2 aromatic carbocycles. The van der Waals surface area contributed by atoms with Gasteiger partial charge in [-0.1, -0.05) is 43.2 Å². The van der Waals surface area contributed by atoms with Gasteiger partial charge in [-0.15, -0.1) is 0 Å². The van der Waals surface area contributed by atoms with Crippen molar-refractivity contribution in [2.24, 2.45) is 5.73 Å². The molecule has 3 aliphatic rings. The minimum Gasteiger partial charge on any atom is -0.365 e. The maximum atomic E-state index is 13.5. The molecule has 0 radical (unpaired) electrons. The van der Waals surface area contributed by atoms with Crippen molar-refractivity contribution in [2.45, 2.75) is 93.3 Å². The van der Waals surface area contributed by atoms with Crippen LogP contribution in [-0.4, -0.2) is 63.5 Å². The van der Waals surface area contributed by atoms with Crippen LogP contribution < -0.4 is 16.4 Å². The molecule has 2 saturated carbocycles. The number of anilines is 2. The third-order valence-corrected chi connectivity index (χ3v) is 11.3. The summed E-state index contributed by atoms with van der Waals surface area (Å²) in [5, 5.41) is 9.20. The average molecular weight is 589 g/mol. The van der Waals surface area contributed by atoms with E-state index in [-0.39, 0.29) is 12.1 Å². The molecule has 0 bridgehead atoms. The van der Waals surface area contributed by atoms with Crippen LogP contribution >= 0.6 is 0 Å². The number of piperidine rings is 1. The van der Waals surface area contributed by atoms with Crippen LogP contribution in [0.2, 0.25) is 0 Å². The molecule has 42 heavy (non-hydrogen) atoms. The highest BCUT2D eigenvalue weighted by molar-refractivity contribution is 7.89. The maximum Gasteiger partial charge on any atom is 0.243 e. The van der Waals surface area contributed by atoms with Crippen LogP contribution in [0, 0.1) is 0 Å². The monoisotopic (exact) mass is 588 g/mol. The SMILES string of the molecule is NC1CCC(Nc2nc(NC3CCN(S(=O)(=O)c4ccc5ccccc5c4)CC3)c3ncn(C4CCCC4)c3n2)CC1. The molecule has 2 aliphatic carbocycles. The first-order valence-corrected chi connectivity index (χ1v) is 16.9. The number of imidazole rings is 1. The van der Waals surface area contributed by atoms with Crippen LogP contribution in [0.25, 0.3) is 21.9 Å². The Morgan fingerprint density at radius 1 is 0.810 bits per heavy atom. The zero-order chi connectivity index (χ0) is 28.7. The quantitative estimate of drug-likeness (QED) is 0.274. The molecule has 11 heteroatoms. The van der Waals surface area contributed by atoms with E-state index in [0.717, 1.165) is 66.3 Å². The van der Waals surface area contributed by atoms with Crippen molar-refractivity contribution in [3.8, 4) is 0 Å². The summed E-state index contributed by atoms with van der Waals surface area (Å²) in [5.41, 5.74) is 7.79. The zero-order valence-electron chi connectivity index (χ0n) is 24.0. The Morgan fingerprint density at radius 2 is 1.52 bits per heavy atom. The highest BCUT2D eigenvalue weighted by Crippen LogP contribution is 2.34. The first-order chi connectivity index (χ1) is 20.4. The van der Waals surface area contributed by atoms with Crippen molar-refractivity contribution in [1.29, 1.82) is 0 Å². The number of aromatic nitrogens is 4. The molecule has 4 N–H and O–H groups in total. The van der Waals surface area contributed by atoms with E-state index in [9.17, 15) is 8.42 Å². The topological polar surface area (TPSA) is 131 Å². The van der Waals surface area contributed by atoms with E-state index in [0.29, 0.717) is 48.9 Å². The number of nitrogens with zero attached hydrogens (tertiary/aromatic N) is 5. The van der Waals surface area contributed by atoms with Gasteiger partial charge < -0.3 is 20.9 Å². The maximum absolute atomic E-state index is 13.5. The van der Waals surface area contributed by atoms with Crippen LogP contribution in [0.1, 0.15) is 70.3 Å². The number of hydrogen-bond donors (Lipinski definition) is 3. The van der Waals surface area contributed by atoms with E-state index in [4.69, 9.17) is 20.7 Å². The van der Waals surface area contributed by atoms with E-state index in [2.05, 4.69) is 15.2 Å². The number of rotatable bonds is 7. The lowest BCUT2D eigenvalue weighted by atomic mass is 9.92. The summed E-state index contributed by atoms with van der Waals surface area (Å²) in [6.45, 7) is 0.899. The van der Waals surface area contributed by atoms with Gasteiger partial charge in [0.05, 0.1) is 11.2 Å². The molecule has 2 aromatic heterocycles. The van der Waals surface area contributed by atoms with Crippen LogP contribution in [0.4, 0.5) is 11.8 Å². The van der Waals surface area contributed by atoms with E-state index in [1.165, 1.54) is 12.8 Å². The lowest BCUT2D eigenvalue weighted by molar-refractivity contribution is 0.329. The molecule has 0 unspecified atom stereocenters. The third kappa shape index (κ3) is 5.45. The largest absolute Gasteiger partial charge is 0.365 e. The Kier molecular flexibility index (Phi) is 7.49. The van der Waals surface area contributed by atoms with Gasteiger partial charge in [-0.2, -0.15) is 14.3 Å². The predicted octanol–water partition coefficient (Wildman–Crippen LogP) is 5.04. The second kappa shape index (κ2) is 11.4. The zero-order valence-corrected chi connectivity index (χ0v) is 24.8. The van der Waals surface area contributed by atoms with Crippen LogP contribution in [0.3, 0.4) is 0 Å². The molecule has 10 nitrogen and oxygen atoms in total. The minimum absolute atomic E-state index is 0.0864. The number of hydrogen-bond acceptors (Lipinski definition) is 8. The molecule has 1 saturated heterocycles. The van der Waals surface area contributed by atoms with Crippen molar-refractivity contribution in [3.63, 3.8) is 0 Å². The number of sulfonamides is 1. The third-order valence-electron chi connectivity index (χ3n) is 9.40. The van der Waals surface area contributed by atoms with Crippen LogP contribution in [0.15, 0.2) is 53.7 Å². The van der Waals surface area contributed by atoms with E-state index in [1.807, 2.05) is 36.7 Å². The highest BCUT2D eigenvalue weighted by atomic mass is 32.2. The van der Waals surface area contributed by atoms with Gasteiger partial charge in [0.25, 0.3) is 0 Å². The molecule has 0 spiro atoms. The van der Waals surface area contributed by atoms with Gasteiger partial charge in [0.1, 0.15) is 0 Å². The minimum atomic E-state index is -3.57. The molecule has 3 fully saturated rings. The smallest absolute Gasteiger partial charge is 0.243 e.